The first-order chi connectivity index (χ1) is 6.65. The molecule has 0 fully saturated rings. The number of thioether (sulfide) groups is 1. The third-order valence-electron chi connectivity index (χ3n) is 1.73. The summed E-state index contributed by atoms with van der Waals surface area (Å²) in [5.74, 6) is 0.626. The van der Waals surface area contributed by atoms with Gasteiger partial charge in [-0.25, -0.2) is 4.39 Å². The average Bonchev–Trinajstić information content (AvgIpc) is 2.20. The van der Waals surface area contributed by atoms with Crippen LogP contribution in [0.25, 0.3) is 0 Å². The minimum Gasteiger partial charge on any atom is -0.493 e. The molecular weight excluding hydrogens is 271 g/mol. The average molecular weight is 281 g/mol. The van der Waals surface area contributed by atoms with E-state index >= 15 is 0 Å². The lowest BCUT2D eigenvalue weighted by atomic mass is 10.3. The summed E-state index contributed by atoms with van der Waals surface area (Å²) >= 11 is 4.40. The van der Waals surface area contributed by atoms with Crippen LogP contribution in [0.2, 0.25) is 0 Å². The van der Waals surface area contributed by atoms with Gasteiger partial charge in [0.05, 0.1) is 23.6 Å². The van der Waals surface area contributed by atoms with Gasteiger partial charge < -0.3 is 9.47 Å². The summed E-state index contributed by atoms with van der Waals surface area (Å²) in [6, 6.07) is 1.55. The summed E-state index contributed by atoms with van der Waals surface area (Å²) in [5, 5.41) is 0. The van der Waals surface area contributed by atoms with Gasteiger partial charge in [-0.1, -0.05) is 0 Å². The number of rotatable bonds is 3. The van der Waals surface area contributed by atoms with Crippen molar-refractivity contribution in [1.29, 1.82) is 0 Å². The number of benzene rings is 1. The van der Waals surface area contributed by atoms with Gasteiger partial charge in [-0.05, 0) is 22.2 Å². The van der Waals surface area contributed by atoms with E-state index in [2.05, 4.69) is 15.9 Å². The summed E-state index contributed by atoms with van der Waals surface area (Å²) in [6.07, 6.45) is 1.78. The van der Waals surface area contributed by atoms with E-state index in [1.165, 1.54) is 26.0 Å². The SMILES string of the molecule is COc1cc(Br)c(F)c(SC)c1OC. The molecule has 0 heterocycles. The highest BCUT2D eigenvalue weighted by Gasteiger charge is 2.17. The topological polar surface area (TPSA) is 18.5 Å². The Morgan fingerprint density at radius 3 is 2.43 bits per heavy atom. The van der Waals surface area contributed by atoms with Gasteiger partial charge in [-0.3, -0.25) is 0 Å². The maximum atomic E-state index is 13.6. The summed E-state index contributed by atoms with van der Waals surface area (Å²) in [5.41, 5.74) is 0. The molecule has 0 aliphatic carbocycles. The highest BCUT2D eigenvalue weighted by molar-refractivity contribution is 9.10. The zero-order valence-electron chi connectivity index (χ0n) is 8.06. The van der Waals surface area contributed by atoms with Crippen molar-refractivity contribution in [3.63, 3.8) is 0 Å². The maximum absolute atomic E-state index is 13.6. The third kappa shape index (κ3) is 1.98. The van der Waals surface area contributed by atoms with Gasteiger partial charge >= 0.3 is 0 Å². The highest BCUT2D eigenvalue weighted by Crippen LogP contribution is 2.41. The molecule has 0 aliphatic rings. The summed E-state index contributed by atoms with van der Waals surface area (Å²) < 4.78 is 24.1. The van der Waals surface area contributed by atoms with E-state index < -0.39 is 0 Å². The monoisotopic (exact) mass is 280 g/mol. The molecule has 0 aromatic heterocycles. The van der Waals surface area contributed by atoms with Gasteiger partial charge in [0, 0.05) is 6.07 Å². The molecule has 5 heteroatoms. The van der Waals surface area contributed by atoms with Crippen LogP contribution >= 0.6 is 27.7 Å². The molecule has 0 amide bonds. The van der Waals surface area contributed by atoms with Crippen molar-refractivity contribution in [3.8, 4) is 11.5 Å². The van der Waals surface area contributed by atoms with Crippen LogP contribution in [0.15, 0.2) is 15.4 Å². The molecule has 1 aromatic carbocycles. The van der Waals surface area contributed by atoms with Crippen LogP contribution in [0.4, 0.5) is 4.39 Å². The van der Waals surface area contributed by atoms with Crippen molar-refractivity contribution < 1.29 is 13.9 Å². The van der Waals surface area contributed by atoms with Crippen molar-refractivity contribution in [3.05, 3.63) is 16.4 Å². The Hall–Kier alpha value is -0.420. The first-order valence-electron chi connectivity index (χ1n) is 3.79. The Balaban J connectivity index is 3.42. The van der Waals surface area contributed by atoms with Crippen LogP contribution < -0.4 is 9.47 Å². The first-order valence-corrected chi connectivity index (χ1v) is 5.81. The van der Waals surface area contributed by atoms with Crippen molar-refractivity contribution in [2.75, 3.05) is 20.5 Å². The van der Waals surface area contributed by atoms with E-state index in [1.54, 1.807) is 12.3 Å². The van der Waals surface area contributed by atoms with Crippen LogP contribution in [0.5, 0.6) is 11.5 Å². The highest BCUT2D eigenvalue weighted by atomic mass is 79.9. The Morgan fingerprint density at radius 2 is 2.00 bits per heavy atom. The predicted molar refractivity (Wildman–Crippen MR) is 59.0 cm³/mol. The number of ether oxygens (including phenoxy) is 2. The lowest BCUT2D eigenvalue weighted by molar-refractivity contribution is 0.342. The van der Waals surface area contributed by atoms with E-state index in [0.717, 1.165) is 0 Å². The van der Waals surface area contributed by atoms with Crippen LogP contribution in [-0.2, 0) is 0 Å². The molecule has 1 rings (SSSR count). The Kier molecular flexibility index (Phi) is 4.07. The molecule has 0 spiro atoms. The molecule has 0 bridgehead atoms. The summed E-state index contributed by atoms with van der Waals surface area (Å²) in [6.45, 7) is 0. The second-order valence-corrected chi connectivity index (χ2v) is 4.11. The van der Waals surface area contributed by atoms with Crippen LogP contribution in [0.3, 0.4) is 0 Å². The van der Waals surface area contributed by atoms with Crippen molar-refractivity contribution in [2.24, 2.45) is 0 Å². The van der Waals surface area contributed by atoms with E-state index in [-0.39, 0.29) is 5.82 Å². The molecule has 0 saturated carbocycles. The van der Waals surface area contributed by atoms with Crippen molar-refractivity contribution in [1.82, 2.24) is 0 Å². The van der Waals surface area contributed by atoms with Crippen molar-refractivity contribution in [2.45, 2.75) is 4.90 Å². The fourth-order valence-electron chi connectivity index (χ4n) is 1.09. The zero-order chi connectivity index (χ0) is 10.7. The van der Waals surface area contributed by atoms with Crippen LogP contribution in [0.1, 0.15) is 0 Å². The lowest BCUT2D eigenvalue weighted by Crippen LogP contribution is -1.95. The first kappa shape index (κ1) is 11.7. The summed E-state index contributed by atoms with van der Waals surface area (Å²) in [7, 11) is 3.01. The fourth-order valence-corrected chi connectivity index (χ4v) is 2.29. The number of methoxy groups -OCH3 is 2. The van der Waals surface area contributed by atoms with Gasteiger partial charge in [0.25, 0.3) is 0 Å². The van der Waals surface area contributed by atoms with E-state index in [9.17, 15) is 4.39 Å². The smallest absolute Gasteiger partial charge is 0.177 e. The van der Waals surface area contributed by atoms with Gasteiger partial charge in [-0.15, -0.1) is 11.8 Å². The van der Waals surface area contributed by atoms with Crippen molar-refractivity contribution >= 4 is 27.7 Å². The minimum absolute atomic E-state index is 0.324. The molecule has 78 valence electrons. The third-order valence-corrected chi connectivity index (χ3v) is 3.07. The molecule has 1 aromatic rings. The molecule has 0 unspecified atom stereocenters. The Labute approximate surface area is 94.9 Å². The molecule has 2 nitrogen and oxygen atoms in total. The molecule has 14 heavy (non-hydrogen) atoms. The predicted octanol–water partition coefficient (Wildman–Crippen LogP) is 3.33. The van der Waals surface area contributed by atoms with Gasteiger partial charge in [-0.2, -0.15) is 0 Å². The molecular formula is C9H10BrFO2S. The van der Waals surface area contributed by atoms with E-state index in [1.807, 2.05) is 0 Å². The fraction of sp³-hybridized carbons (Fsp3) is 0.333. The molecule has 0 radical (unpaired) electrons. The second kappa shape index (κ2) is 4.89. The molecule has 0 aliphatic heterocycles. The standard InChI is InChI=1S/C9H10BrFO2S/c1-12-6-4-5(10)7(11)9(14-3)8(6)13-2/h4H,1-3H3. The Bertz CT molecular complexity index is 344. The normalized spacial score (nSPS) is 10.1. The number of hydrogen-bond acceptors (Lipinski definition) is 3. The Morgan fingerprint density at radius 1 is 1.36 bits per heavy atom. The number of hydrogen-bond donors (Lipinski definition) is 0. The summed E-state index contributed by atoms with van der Waals surface area (Å²) in [4.78, 5) is 0.443. The second-order valence-electron chi connectivity index (χ2n) is 2.44. The number of halogens is 2. The molecule has 0 N–H and O–H groups in total. The quantitative estimate of drug-likeness (QED) is 0.792. The van der Waals surface area contributed by atoms with Gasteiger partial charge in [0.1, 0.15) is 0 Å². The maximum Gasteiger partial charge on any atom is 0.177 e. The van der Waals surface area contributed by atoms with Gasteiger partial charge in [0.15, 0.2) is 17.3 Å². The minimum atomic E-state index is -0.324. The molecule has 0 saturated heterocycles. The zero-order valence-corrected chi connectivity index (χ0v) is 10.5. The van der Waals surface area contributed by atoms with Crippen LogP contribution in [-0.4, -0.2) is 20.5 Å². The largest absolute Gasteiger partial charge is 0.493 e. The van der Waals surface area contributed by atoms with E-state index in [4.69, 9.17) is 9.47 Å². The molecule has 0 atom stereocenters. The van der Waals surface area contributed by atoms with Crippen LogP contribution in [0, 0.1) is 5.82 Å². The van der Waals surface area contributed by atoms with Gasteiger partial charge in [0.2, 0.25) is 0 Å². The lowest BCUT2D eigenvalue weighted by Gasteiger charge is -2.12. The van der Waals surface area contributed by atoms with E-state index in [0.29, 0.717) is 20.9 Å².